The van der Waals surface area contributed by atoms with Crippen LogP contribution in [0.1, 0.15) is 77.0 Å². The predicted molar refractivity (Wildman–Crippen MR) is 110 cm³/mol. The number of hydrogen-bond donors (Lipinski definition) is 3. The zero-order valence-corrected chi connectivity index (χ0v) is 17.5. The van der Waals surface area contributed by atoms with Gasteiger partial charge in [-0.15, -0.1) is 0 Å². The lowest BCUT2D eigenvalue weighted by atomic mass is 10.1. The van der Waals surface area contributed by atoms with Gasteiger partial charge in [0.25, 0.3) is 0 Å². The van der Waals surface area contributed by atoms with Crippen molar-refractivity contribution in [2.24, 2.45) is 5.73 Å². The summed E-state index contributed by atoms with van der Waals surface area (Å²) < 4.78 is 0. The Morgan fingerprint density at radius 2 is 1.43 bits per heavy atom. The van der Waals surface area contributed by atoms with Crippen LogP contribution in [0, 0.1) is 0 Å². The van der Waals surface area contributed by atoms with E-state index in [-0.39, 0.29) is 0 Å². The van der Waals surface area contributed by atoms with Crippen LogP contribution < -0.4 is 11.2 Å². The summed E-state index contributed by atoms with van der Waals surface area (Å²) in [5.74, 6) is 0.338. The normalized spacial score (nSPS) is 11.4. The van der Waals surface area contributed by atoms with Gasteiger partial charge in [-0.25, -0.2) is 25.3 Å². The van der Waals surface area contributed by atoms with Crippen molar-refractivity contribution in [2.75, 3.05) is 18.6 Å². The third-order valence-corrected chi connectivity index (χ3v) is 4.68. The Kier molecular flexibility index (Phi) is 13.7. The lowest BCUT2D eigenvalue weighted by Crippen LogP contribution is -2.07. The number of hydrogen-bond acceptors (Lipinski definition) is 10. The van der Waals surface area contributed by atoms with Crippen LogP contribution in [0.4, 0.5) is 5.82 Å². The number of imidazole rings is 1. The van der Waals surface area contributed by atoms with Crippen molar-refractivity contribution in [2.45, 2.75) is 77.0 Å². The average molecular weight is 427 g/mol. The SMILES string of the molecule is NCCCCCCCCCCCCCCOOOOONc1ncnc2nc[nH]c12. The molecule has 4 N–H and O–H groups in total. The van der Waals surface area contributed by atoms with E-state index in [4.69, 9.17) is 10.6 Å². The minimum atomic E-state index is 0.338. The molecule has 0 radical (unpaired) electrons. The summed E-state index contributed by atoms with van der Waals surface area (Å²) in [6, 6.07) is 0. The molecule has 2 aromatic rings. The monoisotopic (exact) mass is 426 g/mol. The number of unbranched alkanes of at least 4 members (excludes halogenated alkanes) is 11. The van der Waals surface area contributed by atoms with E-state index in [1.54, 1.807) is 0 Å². The molecule has 2 heterocycles. The van der Waals surface area contributed by atoms with E-state index in [0.717, 1.165) is 19.4 Å². The summed E-state index contributed by atoms with van der Waals surface area (Å²) in [7, 11) is 0. The zero-order valence-electron chi connectivity index (χ0n) is 17.5. The second-order valence-electron chi connectivity index (χ2n) is 7.07. The summed E-state index contributed by atoms with van der Waals surface area (Å²) in [5, 5.41) is 13.0. The highest BCUT2D eigenvalue weighted by atomic mass is 17.8. The minimum Gasteiger partial charge on any atom is -0.340 e. The van der Waals surface area contributed by atoms with E-state index in [9.17, 15) is 0 Å². The first kappa shape index (κ1) is 24.4. The smallest absolute Gasteiger partial charge is 0.182 e. The quantitative estimate of drug-likeness (QED) is 0.161. The molecule has 0 bridgehead atoms. The van der Waals surface area contributed by atoms with Gasteiger partial charge in [-0.3, -0.25) is 0 Å². The van der Waals surface area contributed by atoms with E-state index in [2.05, 4.69) is 45.5 Å². The fourth-order valence-electron chi connectivity index (χ4n) is 3.05. The van der Waals surface area contributed by atoms with Crippen LogP contribution in [-0.4, -0.2) is 33.1 Å². The molecule has 11 nitrogen and oxygen atoms in total. The van der Waals surface area contributed by atoms with Crippen LogP contribution in [0.2, 0.25) is 0 Å². The lowest BCUT2D eigenvalue weighted by Gasteiger charge is -2.04. The van der Waals surface area contributed by atoms with Gasteiger partial charge < -0.3 is 10.7 Å². The van der Waals surface area contributed by atoms with Crippen molar-refractivity contribution in [3.05, 3.63) is 12.7 Å². The fourth-order valence-corrected chi connectivity index (χ4v) is 3.05. The highest BCUT2D eigenvalue weighted by Crippen LogP contribution is 2.14. The van der Waals surface area contributed by atoms with Gasteiger partial charge in [0.05, 0.1) is 12.9 Å². The number of aromatic amines is 1. The van der Waals surface area contributed by atoms with Crippen molar-refractivity contribution < 1.29 is 25.0 Å². The van der Waals surface area contributed by atoms with E-state index in [1.807, 2.05) is 0 Å². The summed E-state index contributed by atoms with van der Waals surface area (Å²) in [6.45, 7) is 1.24. The van der Waals surface area contributed by atoms with Gasteiger partial charge >= 0.3 is 0 Å². The lowest BCUT2D eigenvalue weighted by molar-refractivity contribution is -0.705. The van der Waals surface area contributed by atoms with E-state index in [1.165, 1.54) is 76.9 Å². The molecule has 0 aliphatic rings. The third-order valence-electron chi connectivity index (χ3n) is 4.68. The molecule has 0 amide bonds. The van der Waals surface area contributed by atoms with Crippen LogP contribution in [0.3, 0.4) is 0 Å². The van der Waals surface area contributed by atoms with Crippen molar-refractivity contribution in [1.82, 2.24) is 19.9 Å². The molecule has 0 unspecified atom stereocenters. The second-order valence-corrected chi connectivity index (χ2v) is 7.07. The molecular weight excluding hydrogens is 392 g/mol. The second kappa shape index (κ2) is 16.9. The zero-order chi connectivity index (χ0) is 21.1. The third kappa shape index (κ3) is 10.8. The molecule has 0 atom stereocenters. The number of H-pyrrole nitrogens is 1. The number of anilines is 1. The van der Waals surface area contributed by atoms with Crippen LogP contribution in [0.15, 0.2) is 12.7 Å². The number of nitrogens with two attached hydrogens (primary N) is 1. The summed E-state index contributed by atoms with van der Waals surface area (Å²) >= 11 is 0. The van der Waals surface area contributed by atoms with Gasteiger partial charge in [-0.1, -0.05) is 69.2 Å². The first-order valence-corrected chi connectivity index (χ1v) is 10.8. The molecule has 0 fully saturated rings. The molecule has 0 spiro atoms. The Hall–Kier alpha value is -1.89. The Morgan fingerprint density at radius 3 is 2.13 bits per heavy atom. The van der Waals surface area contributed by atoms with Gasteiger partial charge in [0.2, 0.25) is 0 Å². The molecular formula is C19H34N6O5. The first-order valence-electron chi connectivity index (χ1n) is 10.8. The Balaban J connectivity index is 1.28. The maximum absolute atomic E-state index is 5.49. The highest BCUT2D eigenvalue weighted by Gasteiger charge is 2.05. The molecule has 170 valence electrons. The van der Waals surface area contributed by atoms with Crippen molar-refractivity contribution in [3.63, 3.8) is 0 Å². The Morgan fingerprint density at radius 1 is 0.767 bits per heavy atom. The fraction of sp³-hybridized carbons (Fsp3) is 0.737. The molecule has 2 rings (SSSR count). The van der Waals surface area contributed by atoms with Gasteiger partial charge in [0.15, 0.2) is 11.5 Å². The molecule has 2 aromatic heterocycles. The molecule has 0 aromatic carbocycles. The molecule has 0 saturated heterocycles. The molecule has 30 heavy (non-hydrogen) atoms. The summed E-state index contributed by atoms with van der Waals surface area (Å²) in [4.78, 5) is 24.2. The average Bonchev–Trinajstić information content (AvgIpc) is 3.25. The van der Waals surface area contributed by atoms with Crippen LogP contribution in [-0.2, 0) is 25.0 Å². The summed E-state index contributed by atoms with van der Waals surface area (Å²) in [6.07, 6.45) is 17.7. The van der Waals surface area contributed by atoms with Crippen LogP contribution >= 0.6 is 0 Å². The molecule has 0 aliphatic heterocycles. The first-order chi connectivity index (χ1) is 14.9. The number of rotatable bonds is 20. The maximum atomic E-state index is 5.49. The number of fused-ring (bicyclic) bond motifs is 1. The van der Waals surface area contributed by atoms with E-state index < -0.39 is 0 Å². The molecule has 0 aliphatic carbocycles. The molecule has 0 saturated carbocycles. The number of nitrogens with zero attached hydrogens (tertiary/aromatic N) is 3. The minimum absolute atomic E-state index is 0.338. The highest BCUT2D eigenvalue weighted by molar-refractivity contribution is 5.81. The van der Waals surface area contributed by atoms with Gasteiger partial charge in [-0.2, -0.15) is 0 Å². The standard InChI is InChI=1S/C19H34N6O5/c20-13-11-9-7-5-3-1-2-4-6-8-10-12-14-26-28-30-29-27-25-19-17-18(22-15-21-17)23-16-24-19/h15-16H,1-14,20H2,(H2,21,22,23,24,25). The Bertz CT molecular complexity index is 659. The van der Waals surface area contributed by atoms with Gasteiger partial charge in [-0.05, 0) is 34.5 Å². The van der Waals surface area contributed by atoms with Crippen molar-refractivity contribution >= 4 is 17.0 Å². The number of nitrogens with one attached hydrogen (secondary N) is 2. The Labute approximate surface area is 176 Å². The molecule has 11 heteroatoms. The van der Waals surface area contributed by atoms with Gasteiger partial charge in [0, 0.05) is 0 Å². The number of aromatic nitrogens is 4. The maximum Gasteiger partial charge on any atom is 0.182 e. The van der Waals surface area contributed by atoms with Crippen molar-refractivity contribution in [1.29, 1.82) is 0 Å². The summed E-state index contributed by atoms with van der Waals surface area (Å²) in [5.41, 5.74) is 8.97. The predicted octanol–water partition coefficient (Wildman–Crippen LogP) is 4.06. The van der Waals surface area contributed by atoms with E-state index in [0.29, 0.717) is 23.6 Å². The van der Waals surface area contributed by atoms with Crippen molar-refractivity contribution in [3.8, 4) is 0 Å². The van der Waals surface area contributed by atoms with Gasteiger partial charge in [0.1, 0.15) is 11.8 Å². The topological polar surface area (TPSA) is 139 Å². The van der Waals surface area contributed by atoms with Crippen LogP contribution in [0.5, 0.6) is 0 Å². The van der Waals surface area contributed by atoms with E-state index >= 15 is 0 Å². The largest absolute Gasteiger partial charge is 0.340 e. The van der Waals surface area contributed by atoms with Crippen LogP contribution in [0.25, 0.3) is 11.2 Å².